The zero-order chi connectivity index (χ0) is 23.1. The van der Waals surface area contributed by atoms with Crippen LogP contribution < -0.4 is 9.47 Å². The molecule has 5 nitrogen and oxygen atoms in total. The number of ether oxygens (including phenoxy) is 2. The number of methoxy groups -OCH3 is 1. The minimum atomic E-state index is -0.402. The van der Waals surface area contributed by atoms with Gasteiger partial charge in [0.2, 0.25) is 5.72 Å². The number of piperidine rings is 1. The van der Waals surface area contributed by atoms with Crippen molar-refractivity contribution in [3.05, 3.63) is 95.1 Å². The van der Waals surface area contributed by atoms with Crippen LogP contribution in [-0.2, 0) is 6.54 Å². The van der Waals surface area contributed by atoms with E-state index >= 15 is 0 Å². The Morgan fingerprint density at radius 1 is 1.00 bits per heavy atom. The summed E-state index contributed by atoms with van der Waals surface area (Å²) in [5.74, 6) is 1.88. The summed E-state index contributed by atoms with van der Waals surface area (Å²) in [6.45, 7) is 5.11. The van der Waals surface area contributed by atoms with Crippen molar-refractivity contribution in [1.82, 2.24) is 9.91 Å². The quantitative estimate of drug-likeness (QED) is 0.520. The zero-order valence-electron chi connectivity index (χ0n) is 19.9. The third-order valence-electron chi connectivity index (χ3n) is 7.44. The molecule has 0 N–H and O–H groups in total. The SMILES string of the molecule is COc1cccc(C2=NN3[C@@H](C2)c2cc(C)ccc2OC32CCN(Cc3ccccc3)CC2)c1. The summed E-state index contributed by atoms with van der Waals surface area (Å²) < 4.78 is 12.3. The van der Waals surface area contributed by atoms with Gasteiger partial charge in [-0.05, 0) is 30.7 Å². The molecule has 3 aliphatic rings. The van der Waals surface area contributed by atoms with Crippen LogP contribution >= 0.6 is 0 Å². The molecular formula is C29H31N3O2. The van der Waals surface area contributed by atoms with Gasteiger partial charge in [0.05, 0.1) is 18.9 Å². The van der Waals surface area contributed by atoms with Gasteiger partial charge < -0.3 is 9.47 Å². The molecule has 3 aromatic rings. The van der Waals surface area contributed by atoms with E-state index in [0.717, 1.165) is 61.7 Å². The molecule has 3 heterocycles. The van der Waals surface area contributed by atoms with Crippen molar-refractivity contribution < 1.29 is 9.47 Å². The molecule has 5 heteroatoms. The lowest BCUT2D eigenvalue weighted by Crippen LogP contribution is -2.59. The van der Waals surface area contributed by atoms with Crippen molar-refractivity contribution in [3.63, 3.8) is 0 Å². The second kappa shape index (κ2) is 8.48. The predicted molar refractivity (Wildman–Crippen MR) is 134 cm³/mol. The molecule has 0 unspecified atom stereocenters. The van der Waals surface area contributed by atoms with E-state index in [4.69, 9.17) is 14.6 Å². The van der Waals surface area contributed by atoms with Crippen LogP contribution in [0.4, 0.5) is 0 Å². The van der Waals surface area contributed by atoms with Crippen molar-refractivity contribution in [2.75, 3.05) is 20.2 Å². The molecule has 34 heavy (non-hydrogen) atoms. The minimum absolute atomic E-state index is 0.200. The van der Waals surface area contributed by atoms with E-state index in [1.807, 2.05) is 12.1 Å². The van der Waals surface area contributed by atoms with Gasteiger partial charge >= 0.3 is 0 Å². The van der Waals surface area contributed by atoms with Crippen LogP contribution in [0, 0.1) is 6.92 Å². The molecular weight excluding hydrogens is 422 g/mol. The smallest absolute Gasteiger partial charge is 0.200 e. The maximum atomic E-state index is 6.82. The highest BCUT2D eigenvalue weighted by molar-refractivity contribution is 6.02. The van der Waals surface area contributed by atoms with E-state index in [0.29, 0.717) is 0 Å². The number of hydrazone groups is 1. The van der Waals surface area contributed by atoms with Crippen LogP contribution in [0.2, 0.25) is 0 Å². The summed E-state index contributed by atoms with van der Waals surface area (Å²) >= 11 is 0. The largest absolute Gasteiger partial charge is 0.497 e. The number of rotatable bonds is 4. The Kier molecular flexibility index (Phi) is 5.30. The lowest BCUT2D eigenvalue weighted by atomic mass is 9.90. The Bertz CT molecular complexity index is 1220. The number of benzene rings is 3. The van der Waals surface area contributed by atoms with Crippen molar-refractivity contribution in [3.8, 4) is 11.5 Å². The molecule has 1 fully saturated rings. The Balaban J connectivity index is 1.31. The minimum Gasteiger partial charge on any atom is -0.497 e. The maximum absolute atomic E-state index is 6.82. The first kappa shape index (κ1) is 21.2. The second-order valence-electron chi connectivity index (χ2n) is 9.69. The first-order valence-electron chi connectivity index (χ1n) is 12.2. The summed E-state index contributed by atoms with van der Waals surface area (Å²) in [7, 11) is 1.71. The molecule has 0 aromatic heterocycles. The van der Waals surface area contributed by atoms with Crippen LogP contribution in [0.25, 0.3) is 0 Å². The maximum Gasteiger partial charge on any atom is 0.200 e. The molecule has 0 bridgehead atoms. The predicted octanol–water partition coefficient (Wildman–Crippen LogP) is 5.54. The van der Waals surface area contributed by atoms with Crippen molar-refractivity contribution in [2.24, 2.45) is 5.10 Å². The summed E-state index contributed by atoms with van der Waals surface area (Å²) in [6, 6.07) is 25.8. The normalized spacial score (nSPS) is 20.9. The highest BCUT2D eigenvalue weighted by Crippen LogP contribution is 2.50. The Labute approximate surface area is 201 Å². The molecule has 1 saturated heterocycles. The summed E-state index contributed by atoms with van der Waals surface area (Å²) in [5.41, 5.74) is 5.69. The Morgan fingerprint density at radius 2 is 1.82 bits per heavy atom. The molecule has 0 aliphatic carbocycles. The molecule has 3 aliphatic heterocycles. The van der Waals surface area contributed by atoms with Gasteiger partial charge in [0.15, 0.2) is 0 Å². The first-order chi connectivity index (χ1) is 16.6. The highest BCUT2D eigenvalue weighted by Gasteiger charge is 2.51. The van der Waals surface area contributed by atoms with Gasteiger partial charge in [-0.1, -0.05) is 60.2 Å². The van der Waals surface area contributed by atoms with Crippen LogP contribution in [0.1, 0.15) is 47.6 Å². The summed E-state index contributed by atoms with van der Waals surface area (Å²) in [5, 5.41) is 7.52. The van der Waals surface area contributed by atoms with Gasteiger partial charge in [-0.25, -0.2) is 5.01 Å². The molecule has 1 atom stereocenters. The summed E-state index contributed by atoms with van der Waals surface area (Å²) in [4.78, 5) is 2.53. The molecule has 0 amide bonds. The van der Waals surface area contributed by atoms with Gasteiger partial charge in [-0.2, -0.15) is 5.10 Å². The standard InChI is InChI=1S/C29H31N3O2/c1-21-11-12-28-25(17-21)27-19-26(23-9-6-10-24(18-23)33-2)30-32(27)29(34-28)13-15-31(16-14-29)20-22-7-4-3-5-8-22/h3-12,17-18,27H,13-16,19-20H2,1-2H3/t27-/m0/s1. The van der Waals surface area contributed by atoms with Crippen molar-refractivity contribution in [1.29, 1.82) is 0 Å². The average Bonchev–Trinajstić information content (AvgIpc) is 3.34. The number of fused-ring (bicyclic) bond motifs is 4. The average molecular weight is 454 g/mol. The van der Waals surface area contributed by atoms with Gasteiger partial charge in [-0.15, -0.1) is 0 Å². The van der Waals surface area contributed by atoms with E-state index in [1.54, 1.807) is 7.11 Å². The van der Waals surface area contributed by atoms with E-state index in [9.17, 15) is 0 Å². The molecule has 174 valence electrons. The molecule has 0 radical (unpaired) electrons. The Morgan fingerprint density at radius 3 is 2.62 bits per heavy atom. The fraction of sp³-hybridized carbons (Fsp3) is 0.345. The van der Waals surface area contributed by atoms with Crippen LogP contribution in [0.3, 0.4) is 0 Å². The number of hydrogen-bond acceptors (Lipinski definition) is 5. The number of likely N-dealkylation sites (tertiary alicyclic amines) is 1. The van der Waals surface area contributed by atoms with E-state index in [1.165, 1.54) is 16.7 Å². The molecule has 3 aromatic carbocycles. The van der Waals surface area contributed by atoms with E-state index in [-0.39, 0.29) is 6.04 Å². The number of aryl methyl sites for hydroxylation is 1. The third kappa shape index (κ3) is 3.74. The van der Waals surface area contributed by atoms with Crippen molar-refractivity contribution >= 4 is 5.71 Å². The fourth-order valence-corrected chi connectivity index (χ4v) is 5.61. The number of nitrogens with zero attached hydrogens (tertiary/aromatic N) is 3. The van der Waals surface area contributed by atoms with E-state index in [2.05, 4.69) is 77.5 Å². The first-order valence-corrected chi connectivity index (χ1v) is 12.2. The zero-order valence-corrected chi connectivity index (χ0v) is 19.9. The van der Waals surface area contributed by atoms with E-state index < -0.39 is 5.72 Å². The lowest BCUT2D eigenvalue weighted by Gasteiger charge is -2.51. The topological polar surface area (TPSA) is 37.3 Å². The lowest BCUT2D eigenvalue weighted by molar-refractivity contribution is -0.150. The molecule has 1 spiro atoms. The molecule has 6 rings (SSSR count). The van der Waals surface area contributed by atoms with Gasteiger partial charge in [0, 0.05) is 50.0 Å². The van der Waals surface area contributed by atoms with Crippen LogP contribution in [0.5, 0.6) is 11.5 Å². The van der Waals surface area contributed by atoms with Crippen LogP contribution in [0.15, 0.2) is 77.9 Å². The van der Waals surface area contributed by atoms with Gasteiger partial charge in [-0.3, -0.25) is 4.90 Å². The van der Waals surface area contributed by atoms with Gasteiger partial charge in [0.1, 0.15) is 11.5 Å². The monoisotopic (exact) mass is 453 g/mol. The second-order valence-corrected chi connectivity index (χ2v) is 9.69. The highest BCUT2D eigenvalue weighted by atomic mass is 16.5. The van der Waals surface area contributed by atoms with Crippen molar-refractivity contribution in [2.45, 2.75) is 44.5 Å². The van der Waals surface area contributed by atoms with Crippen LogP contribution in [-0.4, -0.2) is 41.5 Å². The molecule has 0 saturated carbocycles. The summed E-state index contributed by atoms with van der Waals surface area (Å²) in [6.07, 6.45) is 2.74. The van der Waals surface area contributed by atoms with Gasteiger partial charge in [0.25, 0.3) is 0 Å². The third-order valence-corrected chi connectivity index (χ3v) is 7.44. The fourth-order valence-electron chi connectivity index (χ4n) is 5.61. The number of hydrogen-bond donors (Lipinski definition) is 0. The Hall–Kier alpha value is -3.31.